The Morgan fingerprint density at radius 1 is 1.00 bits per heavy atom. The SMILES string of the molecule is CC(=O)c1cccc(N(C(=O)Cc2cccs2)C(C(=O)NC2CCCCC2)c2cccs2)c1. The van der Waals surface area contributed by atoms with Gasteiger partial charge in [0.05, 0.1) is 6.42 Å². The third-order valence-corrected chi connectivity index (χ3v) is 7.78. The molecule has 1 saturated carbocycles. The number of anilines is 1. The summed E-state index contributed by atoms with van der Waals surface area (Å²) in [4.78, 5) is 42.8. The smallest absolute Gasteiger partial charge is 0.248 e. The highest BCUT2D eigenvalue weighted by molar-refractivity contribution is 7.10. The molecule has 2 amide bonds. The molecule has 1 unspecified atom stereocenters. The molecule has 0 saturated heterocycles. The van der Waals surface area contributed by atoms with Gasteiger partial charge in [-0.05, 0) is 54.8 Å². The van der Waals surface area contributed by atoms with Crippen LogP contribution in [-0.2, 0) is 16.0 Å². The molecule has 0 bridgehead atoms. The van der Waals surface area contributed by atoms with Crippen molar-refractivity contribution in [2.45, 2.75) is 57.5 Å². The number of hydrogen-bond acceptors (Lipinski definition) is 5. The molecule has 0 aliphatic heterocycles. The molecule has 0 radical (unpaired) electrons. The number of carbonyl (C=O) groups is 3. The fourth-order valence-corrected chi connectivity index (χ4v) is 5.82. The Labute approximate surface area is 202 Å². The highest BCUT2D eigenvalue weighted by Gasteiger charge is 2.35. The molecule has 1 N–H and O–H groups in total. The van der Waals surface area contributed by atoms with Gasteiger partial charge < -0.3 is 5.32 Å². The van der Waals surface area contributed by atoms with E-state index in [1.165, 1.54) is 36.0 Å². The van der Waals surface area contributed by atoms with Gasteiger partial charge in [0.25, 0.3) is 0 Å². The van der Waals surface area contributed by atoms with Crippen LogP contribution in [0, 0.1) is 0 Å². The van der Waals surface area contributed by atoms with Gasteiger partial charge in [-0.3, -0.25) is 19.3 Å². The lowest BCUT2D eigenvalue weighted by molar-refractivity contribution is -0.127. The highest BCUT2D eigenvalue weighted by Crippen LogP contribution is 2.33. The van der Waals surface area contributed by atoms with Crippen LogP contribution in [0.2, 0.25) is 0 Å². The third kappa shape index (κ3) is 5.78. The number of hydrogen-bond donors (Lipinski definition) is 1. The van der Waals surface area contributed by atoms with E-state index in [2.05, 4.69) is 5.32 Å². The average molecular weight is 481 g/mol. The molecule has 1 aromatic carbocycles. The van der Waals surface area contributed by atoms with Gasteiger partial charge in [-0.25, -0.2) is 0 Å². The van der Waals surface area contributed by atoms with E-state index in [4.69, 9.17) is 0 Å². The quantitative estimate of drug-likeness (QED) is 0.416. The summed E-state index contributed by atoms with van der Waals surface area (Å²) in [5.41, 5.74) is 1.07. The van der Waals surface area contributed by atoms with Crippen LogP contribution in [0.1, 0.15) is 65.2 Å². The van der Waals surface area contributed by atoms with E-state index >= 15 is 0 Å². The summed E-state index contributed by atoms with van der Waals surface area (Å²) < 4.78 is 0. The Morgan fingerprint density at radius 3 is 2.42 bits per heavy atom. The van der Waals surface area contributed by atoms with Gasteiger partial charge in [-0.15, -0.1) is 22.7 Å². The van der Waals surface area contributed by atoms with Gasteiger partial charge in [-0.1, -0.05) is 43.5 Å². The third-order valence-electron chi connectivity index (χ3n) is 5.98. The van der Waals surface area contributed by atoms with Crippen LogP contribution >= 0.6 is 22.7 Å². The number of rotatable bonds is 8. The van der Waals surface area contributed by atoms with Crippen molar-refractivity contribution >= 4 is 46.0 Å². The first-order valence-electron chi connectivity index (χ1n) is 11.3. The minimum absolute atomic E-state index is 0.0816. The normalized spacial score (nSPS) is 15.1. The van der Waals surface area contributed by atoms with E-state index in [0.717, 1.165) is 35.4 Å². The van der Waals surface area contributed by atoms with E-state index in [-0.39, 0.29) is 30.1 Å². The standard InChI is InChI=1S/C26H28N2O3S2/c1-18(29)19-8-5-11-21(16-19)28(24(30)17-22-12-6-14-32-22)25(23-13-7-15-33-23)26(31)27-20-9-3-2-4-10-20/h5-8,11-16,20,25H,2-4,9-10,17H2,1H3,(H,27,31). The lowest BCUT2D eigenvalue weighted by atomic mass is 9.95. The second-order valence-electron chi connectivity index (χ2n) is 8.39. The molecule has 4 rings (SSSR count). The number of amides is 2. The Bertz CT molecular complexity index is 1090. The molecule has 1 fully saturated rings. The molecule has 3 aromatic rings. The summed E-state index contributed by atoms with van der Waals surface area (Å²) in [6.07, 6.45) is 5.54. The highest BCUT2D eigenvalue weighted by atomic mass is 32.1. The summed E-state index contributed by atoms with van der Waals surface area (Å²) in [6.45, 7) is 1.50. The molecule has 1 aliphatic rings. The van der Waals surface area contributed by atoms with Crippen molar-refractivity contribution in [1.82, 2.24) is 5.32 Å². The molecule has 1 aliphatic carbocycles. The summed E-state index contributed by atoms with van der Waals surface area (Å²) in [5, 5.41) is 7.08. The van der Waals surface area contributed by atoms with Crippen LogP contribution in [0.3, 0.4) is 0 Å². The minimum Gasteiger partial charge on any atom is -0.351 e. The summed E-state index contributed by atoms with van der Waals surface area (Å²) in [6, 6.07) is 14.0. The molecule has 5 nitrogen and oxygen atoms in total. The van der Waals surface area contributed by atoms with Crippen LogP contribution < -0.4 is 10.2 Å². The zero-order chi connectivity index (χ0) is 23.2. The maximum atomic E-state index is 13.7. The van der Waals surface area contributed by atoms with E-state index in [1.807, 2.05) is 35.0 Å². The van der Waals surface area contributed by atoms with Gasteiger partial charge >= 0.3 is 0 Å². The monoisotopic (exact) mass is 480 g/mol. The molecule has 7 heteroatoms. The van der Waals surface area contributed by atoms with Crippen LogP contribution in [0.5, 0.6) is 0 Å². The molecule has 172 valence electrons. The van der Waals surface area contributed by atoms with Gasteiger partial charge in [-0.2, -0.15) is 0 Å². The van der Waals surface area contributed by atoms with Crippen molar-refractivity contribution in [3.63, 3.8) is 0 Å². The Hall–Kier alpha value is -2.77. The van der Waals surface area contributed by atoms with Gasteiger partial charge in [0, 0.05) is 27.0 Å². The zero-order valence-electron chi connectivity index (χ0n) is 18.7. The molecule has 2 heterocycles. The fourth-order valence-electron chi connectivity index (χ4n) is 4.31. The molecule has 1 atom stereocenters. The van der Waals surface area contributed by atoms with Crippen LogP contribution in [-0.4, -0.2) is 23.6 Å². The van der Waals surface area contributed by atoms with Crippen molar-refractivity contribution in [3.05, 3.63) is 74.6 Å². The summed E-state index contributed by atoms with van der Waals surface area (Å²) >= 11 is 2.98. The van der Waals surface area contributed by atoms with Crippen molar-refractivity contribution < 1.29 is 14.4 Å². The van der Waals surface area contributed by atoms with Crippen LogP contribution in [0.25, 0.3) is 0 Å². The lowest BCUT2D eigenvalue weighted by Crippen LogP contribution is -2.47. The average Bonchev–Trinajstić information content (AvgIpc) is 3.52. The number of ketones is 1. The molecule has 33 heavy (non-hydrogen) atoms. The molecular weight excluding hydrogens is 452 g/mol. The zero-order valence-corrected chi connectivity index (χ0v) is 20.3. The summed E-state index contributed by atoms with van der Waals surface area (Å²) in [5.74, 6) is -0.422. The van der Waals surface area contributed by atoms with Crippen molar-refractivity contribution in [3.8, 4) is 0 Å². The second kappa shape index (κ2) is 10.9. The van der Waals surface area contributed by atoms with Gasteiger partial charge in [0.1, 0.15) is 6.04 Å². The molecular formula is C26H28N2O3S2. The number of Topliss-reactive ketones (excluding diaryl/α,β-unsaturated/α-hetero) is 1. The van der Waals surface area contributed by atoms with Gasteiger partial charge in [0.15, 0.2) is 5.78 Å². The fraction of sp³-hybridized carbons (Fsp3) is 0.346. The first kappa shape index (κ1) is 23.4. The van der Waals surface area contributed by atoms with Crippen LogP contribution in [0.15, 0.2) is 59.3 Å². The Balaban J connectivity index is 1.73. The topological polar surface area (TPSA) is 66.5 Å². The van der Waals surface area contributed by atoms with E-state index < -0.39 is 6.04 Å². The maximum Gasteiger partial charge on any atom is 0.248 e. The van der Waals surface area contributed by atoms with Crippen molar-refractivity contribution in [1.29, 1.82) is 0 Å². The molecule has 2 aromatic heterocycles. The van der Waals surface area contributed by atoms with E-state index in [0.29, 0.717) is 11.3 Å². The lowest BCUT2D eigenvalue weighted by Gasteiger charge is -2.33. The van der Waals surface area contributed by atoms with Crippen molar-refractivity contribution in [2.24, 2.45) is 0 Å². The minimum atomic E-state index is -0.790. The Kier molecular flexibility index (Phi) is 7.73. The maximum absolute atomic E-state index is 13.7. The van der Waals surface area contributed by atoms with Crippen molar-refractivity contribution in [2.75, 3.05) is 4.90 Å². The predicted molar refractivity (Wildman–Crippen MR) is 134 cm³/mol. The number of carbonyl (C=O) groups excluding carboxylic acids is 3. The first-order chi connectivity index (χ1) is 16.0. The number of nitrogens with zero attached hydrogens (tertiary/aromatic N) is 1. The number of benzene rings is 1. The Morgan fingerprint density at radius 2 is 1.76 bits per heavy atom. The largest absolute Gasteiger partial charge is 0.351 e. The van der Waals surface area contributed by atoms with Crippen LogP contribution in [0.4, 0.5) is 5.69 Å². The van der Waals surface area contributed by atoms with E-state index in [9.17, 15) is 14.4 Å². The first-order valence-corrected chi connectivity index (χ1v) is 13.1. The number of nitrogens with one attached hydrogen (secondary N) is 1. The predicted octanol–water partition coefficient (Wildman–Crippen LogP) is 5.78. The second-order valence-corrected chi connectivity index (χ2v) is 10.4. The van der Waals surface area contributed by atoms with E-state index in [1.54, 1.807) is 29.2 Å². The number of thiophene rings is 2. The molecule has 0 spiro atoms. The van der Waals surface area contributed by atoms with Gasteiger partial charge in [0.2, 0.25) is 11.8 Å². The summed E-state index contributed by atoms with van der Waals surface area (Å²) in [7, 11) is 0.